The summed E-state index contributed by atoms with van der Waals surface area (Å²) in [5.41, 5.74) is 0. The molecule has 7 nitrogen and oxygen atoms in total. The summed E-state index contributed by atoms with van der Waals surface area (Å²) in [5, 5.41) is 4.46. The van der Waals surface area contributed by atoms with E-state index in [9.17, 15) is 13.2 Å². The first-order chi connectivity index (χ1) is 9.89. The van der Waals surface area contributed by atoms with Crippen LogP contribution in [-0.2, 0) is 14.8 Å². The van der Waals surface area contributed by atoms with Gasteiger partial charge in [-0.05, 0) is 6.42 Å². The Labute approximate surface area is 130 Å². The Hall–Kier alpha value is -1.16. The van der Waals surface area contributed by atoms with Crippen molar-refractivity contribution in [1.82, 2.24) is 19.0 Å². The molecule has 21 heavy (non-hydrogen) atoms. The summed E-state index contributed by atoms with van der Waals surface area (Å²) in [7, 11) is -3.73. The number of rotatable bonds is 3. The van der Waals surface area contributed by atoms with Gasteiger partial charge in [0.1, 0.15) is 0 Å². The molecule has 1 aliphatic heterocycles. The highest BCUT2D eigenvalue weighted by Crippen LogP contribution is 2.29. The molecule has 1 saturated heterocycles. The Morgan fingerprint density at radius 3 is 3.05 bits per heavy atom. The molecule has 1 amide bonds. The number of aromatic nitrogens is 2. The molecule has 0 aliphatic carbocycles. The topological polar surface area (TPSA) is 83.8 Å². The van der Waals surface area contributed by atoms with E-state index in [0.29, 0.717) is 17.9 Å². The van der Waals surface area contributed by atoms with E-state index >= 15 is 0 Å². The number of nitrogens with one attached hydrogen (secondary N) is 1. The van der Waals surface area contributed by atoms with Gasteiger partial charge in [0.05, 0.1) is 0 Å². The van der Waals surface area contributed by atoms with Gasteiger partial charge in [-0.1, -0.05) is 11.6 Å². The van der Waals surface area contributed by atoms with Crippen LogP contribution in [0, 0.1) is 0 Å². The van der Waals surface area contributed by atoms with E-state index in [1.165, 1.54) is 27.0 Å². The zero-order chi connectivity index (χ0) is 15.2. The van der Waals surface area contributed by atoms with Crippen LogP contribution in [0.5, 0.6) is 0 Å². The molecule has 2 aromatic rings. The minimum absolute atomic E-state index is 0.0103. The molecule has 3 heterocycles. The maximum absolute atomic E-state index is 12.7. The van der Waals surface area contributed by atoms with Crippen LogP contribution in [0.4, 0.5) is 0 Å². The molecule has 1 fully saturated rings. The van der Waals surface area contributed by atoms with Gasteiger partial charge in [-0.3, -0.25) is 9.20 Å². The van der Waals surface area contributed by atoms with Gasteiger partial charge in [-0.2, -0.15) is 4.31 Å². The van der Waals surface area contributed by atoms with E-state index in [1.54, 1.807) is 11.6 Å². The largest absolute Gasteiger partial charge is 0.352 e. The maximum atomic E-state index is 12.7. The molecule has 114 valence electrons. The number of thiazole rings is 1. The van der Waals surface area contributed by atoms with Gasteiger partial charge >= 0.3 is 0 Å². The highest BCUT2D eigenvalue weighted by molar-refractivity contribution is 7.89. The number of carbonyl (C=O) groups is 1. The summed E-state index contributed by atoms with van der Waals surface area (Å²) in [5.74, 6) is -0.165. The van der Waals surface area contributed by atoms with Gasteiger partial charge in [0.25, 0.3) is 10.0 Å². The Balaban J connectivity index is 1.93. The molecule has 0 radical (unpaired) electrons. The third-order valence-corrected chi connectivity index (χ3v) is 6.34. The predicted octanol–water partition coefficient (Wildman–Crippen LogP) is 0.948. The number of amides is 1. The predicted molar refractivity (Wildman–Crippen MR) is 79.1 cm³/mol. The molecule has 1 atom stereocenters. The lowest BCUT2D eigenvalue weighted by molar-refractivity contribution is -0.119. The Kier molecular flexibility index (Phi) is 3.68. The van der Waals surface area contributed by atoms with Crippen molar-refractivity contribution in [2.24, 2.45) is 0 Å². The van der Waals surface area contributed by atoms with E-state index in [4.69, 9.17) is 11.6 Å². The number of fused-ring (bicyclic) bond motifs is 1. The molecule has 1 N–H and O–H groups in total. The summed E-state index contributed by atoms with van der Waals surface area (Å²) in [4.78, 5) is 15.7. The third-order valence-electron chi connectivity index (χ3n) is 3.32. The normalized spacial score (nSPS) is 20.2. The quantitative estimate of drug-likeness (QED) is 0.895. The number of sulfonamides is 1. The Bertz CT molecular complexity index is 798. The minimum atomic E-state index is -3.73. The third kappa shape index (κ3) is 2.54. The van der Waals surface area contributed by atoms with Crippen molar-refractivity contribution in [1.29, 1.82) is 0 Å². The van der Waals surface area contributed by atoms with E-state index < -0.39 is 10.0 Å². The number of halogens is 1. The lowest BCUT2D eigenvalue weighted by Gasteiger charge is -2.16. The average molecular weight is 349 g/mol. The fourth-order valence-electron chi connectivity index (χ4n) is 2.44. The monoisotopic (exact) mass is 348 g/mol. The Morgan fingerprint density at radius 2 is 2.33 bits per heavy atom. The zero-order valence-electron chi connectivity index (χ0n) is 11.1. The standard InChI is InChI=1S/C11H13ClN4O3S2/c1-7(17)13-8-2-3-15(6-8)21(18,19)10-9(12)14-11-16(10)4-5-20-11/h4-5,8H,2-3,6H2,1H3,(H,13,17). The molecular formula is C11H13ClN4O3S2. The lowest BCUT2D eigenvalue weighted by Crippen LogP contribution is -2.37. The lowest BCUT2D eigenvalue weighted by atomic mass is 10.3. The van der Waals surface area contributed by atoms with Crippen molar-refractivity contribution in [2.45, 2.75) is 24.4 Å². The van der Waals surface area contributed by atoms with Gasteiger partial charge in [-0.15, -0.1) is 11.3 Å². The van der Waals surface area contributed by atoms with Crippen molar-refractivity contribution < 1.29 is 13.2 Å². The molecular weight excluding hydrogens is 336 g/mol. The van der Waals surface area contributed by atoms with E-state index in [-0.39, 0.29) is 28.7 Å². The van der Waals surface area contributed by atoms with Crippen LogP contribution in [-0.4, -0.2) is 47.1 Å². The molecule has 0 bridgehead atoms. The van der Waals surface area contributed by atoms with Gasteiger partial charge < -0.3 is 5.32 Å². The minimum Gasteiger partial charge on any atom is -0.352 e. The van der Waals surface area contributed by atoms with Crippen molar-refractivity contribution >= 4 is 43.8 Å². The molecule has 0 aromatic carbocycles. The van der Waals surface area contributed by atoms with Gasteiger partial charge in [-0.25, -0.2) is 13.4 Å². The van der Waals surface area contributed by atoms with Crippen LogP contribution in [0.25, 0.3) is 4.96 Å². The first-order valence-corrected chi connectivity index (χ1v) is 8.97. The van der Waals surface area contributed by atoms with Crippen molar-refractivity contribution in [3.63, 3.8) is 0 Å². The number of nitrogens with zero attached hydrogens (tertiary/aromatic N) is 3. The van der Waals surface area contributed by atoms with Crippen LogP contribution < -0.4 is 5.32 Å². The van der Waals surface area contributed by atoms with Crippen LogP contribution in [0.1, 0.15) is 13.3 Å². The smallest absolute Gasteiger partial charge is 0.262 e. The summed E-state index contributed by atoms with van der Waals surface area (Å²) >= 11 is 7.31. The summed E-state index contributed by atoms with van der Waals surface area (Å²) in [6.45, 7) is 2.01. The molecule has 0 saturated carbocycles. The van der Waals surface area contributed by atoms with Crippen molar-refractivity contribution in [3.05, 3.63) is 16.7 Å². The fraction of sp³-hybridized carbons (Fsp3) is 0.455. The van der Waals surface area contributed by atoms with Gasteiger partial charge in [0.15, 0.2) is 15.1 Å². The van der Waals surface area contributed by atoms with Crippen LogP contribution in [0.15, 0.2) is 16.6 Å². The first-order valence-electron chi connectivity index (χ1n) is 6.28. The highest BCUT2D eigenvalue weighted by Gasteiger charge is 2.36. The first kappa shape index (κ1) is 14.8. The van der Waals surface area contributed by atoms with Crippen molar-refractivity contribution in [3.8, 4) is 0 Å². The summed E-state index contributed by atoms with van der Waals surface area (Å²) in [6.07, 6.45) is 2.22. The molecule has 1 aliphatic rings. The molecule has 3 rings (SSSR count). The second kappa shape index (κ2) is 5.24. The SMILES string of the molecule is CC(=O)NC1CCN(S(=O)(=O)c2c(Cl)nc3sccn23)C1. The number of hydrogen-bond acceptors (Lipinski definition) is 5. The van der Waals surface area contributed by atoms with E-state index in [0.717, 1.165) is 0 Å². The molecule has 1 unspecified atom stereocenters. The summed E-state index contributed by atoms with van der Waals surface area (Å²) in [6, 6.07) is -0.165. The summed E-state index contributed by atoms with van der Waals surface area (Å²) < 4.78 is 28.3. The number of imidazole rings is 1. The van der Waals surface area contributed by atoms with Crippen LogP contribution in [0.2, 0.25) is 5.15 Å². The second-order valence-electron chi connectivity index (χ2n) is 4.81. The van der Waals surface area contributed by atoms with E-state index in [2.05, 4.69) is 10.3 Å². The maximum Gasteiger partial charge on any atom is 0.262 e. The fourth-order valence-corrected chi connectivity index (χ4v) is 5.35. The molecule has 2 aromatic heterocycles. The Morgan fingerprint density at radius 1 is 1.57 bits per heavy atom. The zero-order valence-corrected chi connectivity index (χ0v) is 13.5. The average Bonchev–Trinajstić information content (AvgIpc) is 3.02. The highest BCUT2D eigenvalue weighted by atomic mass is 35.5. The number of carbonyl (C=O) groups excluding carboxylic acids is 1. The van der Waals surface area contributed by atoms with Gasteiger partial charge in [0, 0.05) is 37.6 Å². The van der Waals surface area contributed by atoms with Crippen LogP contribution >= 0.6 is 22.9 Å². The molecule has 0 spiro atoms. The van der Waals surface area contributed by atoms with Crippen LogP contribution in [0.3, 0.4) is 0 Å². The number of hydrogen-bond donors (Lipinski definition) is 1. The molecule has 10 heteroatoms. The van der Waals surface area contributed by atoms with Gasteiger partial charge in [0.2, 0.25) is 5.91 Å². The van der Waals surface area contributed by atoms with E-state index in [1.807, 2.05) is 0 Å². The second-order valence-corrected chi connectivity index (χ2v) is 7.90. The van der Waals surface area contributed by atoms with Crippen molar-refractivity contribution in [2.75, 3.05) is 13.1 Å².